The first-order chi connectivity index (χ1) is 12.7. The van der Waals surface area contributed by atoms with Crippen molar-refractivity contribution in [1.82, 2.24) is 0 Å². The Kier molecular flexibility index (Phi) is 8.13. The van der Waals surface area contributed by atoms with E-state index in [1.807, 2.05) is 60.7 Å². The maximum atomic E-state index is 14.3. The van der Waals surface area contributed by atoms with E-state index in [9.17, 15) is 4.57 Å². The maximum absolute atomic E-state index is 14.3. The third kappa shape index (κ3) is 5.08. The van der Waals surface area contributed by atoms with Crippen LogP contribution in [0.2, 0.25) is 0 Å². The van der Waals surface area contributed by atoms with Gasteiger partial charge in [0.2, 0.25) is 0 Å². The highest BCUT2D eigenvalue weighted by molar-refractivity contribution is 7.81. The van der Waals surface area contributed by atoms with Crippen LogP contribution in [0.15, 0.2) is 83.7 Å². The Hall–Kier alpha value is -1.85. The van der Waals surface area contributed by atoms with E-state index in [2.05, 4.69) is 32.7 Å². The van der Waals surface area contributed by atoms with Crippen LogP contribution in [0.25, 0.3) is 0 Å². The average molecular weight is 366 g/mol. The van der Waals surface area contributed by atoms with Gasteiger partial charge in [-0.25, -0.2) is 0 Å². The molecule has 2 rings (SSSR count). The van der Waals surface area contributed by atoms with Crippen LogP contribution in [0, 0.1) is 0 Å². The van der Waals surface area contributed by atoms with Crippen LogP contribution in [0.1, 0.15) is 52.9 Å². The van der Waals surface area contributed by atoms with E-state index < -0.39 is 7.14 Å². The maximum Gasteiger partial charge on any atom is 0.164 e. The number of allylic oxidation sites excluding steroid dienone is 3. The van der Waals surface area contributed by atoms with Gasteiger partial charge in [-0.2, -0.15) is 0 Å². The summed E-state index contributed by atoms with van der Waals surface area (Å²) in [4.78, 5) is 0. The number of unbranched alkanes of at least 4 members (excludes halogenated alkanes) is 1. The second-order valence-corrected chi connectivity index (χ2v) is 9.19. The Labute approximate surface area is 159 Å². The van der Waals surface area contributed by atoms with Crippen molar-refractivity contribution in [2.75, 3.05) is 0 Å². The second kappa shape index (κ2) is 10.3. The summed E-state index contributed by atoms with van der Waals surface area (Å²) in [5, 5.41) is 1.82. The van der Waals surface area contributed by atoms with Gasteiger partial charge < -0.3 is 4.57 Å². The van der Waals surface area contributed by atoms with Crippen LogP contribution in [0.3, 0.4) is 0 Å². The van der Waals surface area contributed by atoms with Crippen molar-refractivity contribution in [1.29, 1.82) is 0 Å². The van der Waals surface area contributed by atoms with Crippen LogP contribution in [-0.4, -0.2) is 0 Å². The van der Waals surface area contributed by atoms with Gasteiger partial charge in [0.25, 0.3) is 0 Å². The Morgan fingerprint density at radius 2 is 1.38 bits per heavy atom. The van der Waals surface area contributed by atoms with E-state index in [4.69, 9.17) is 0 Å². The highest BCUT2D eigenvalue weighted by Gasteiger charge is 2.25. The molecule has 1 nitrogen and oxygen atoms in total. The molecule has 0 aliphatic carbocycles. The van der Waals surface area contributed by atoms with Gasteiger partial charge in [-0.3, -0.25) is 0 Å². The largest absolute Gasteiger partial charge is 0.309 e. The van der Waals surface area contributed by atoms with E-state index in [0.29, 0.717) is 0 Å². The lowest BCUT2D eigenvalue weighted by molar-refractivity contribution is 0.592. The zero-order chi connectivity index (χ0) is 18.8. The lowest BCUT2D eigenvalue weighted by Crippen LogP contribution is -2.14. The lowest BCUT2D eigenvalue weighted by Gasteiger charge is -2.19. The number of rotatable bonds is 9. The zero-order valence-corrected chi connectivity index (χ0v) is 17.2. The second-order valence-electron chi connectivity index (χ2n) is 6.58. The number of benzene rings is 2. The molecule has 2 heteroatoms. The van der Waals surface area contributed by atoms with E-state index in [-0.39, 0.29) is 0 Å². The molecule has 0 aliphatic rings. The molecule has 2 aromatic carbocycles. The predicted molar refractivity (Wildman–Crippen MR) is 116 cm³/mol. The van der Waals surface area contributed by atoms with E-state index in [1.165, 1.54) is 11.1 Å². The first kappa shape index (κ1) is 20.5. The van der Waals surface area contributed by atoms with Crippen LogP contribution >= 0.6 is 7.14 Å². The van der Waals surface area contributed by atoms with Crippen molar-refractivity contribution in [2.45, 2.75) is 52.9 Å². The molecule has 0 saturated carbocycles. The molecular weight excluding hydrogens is 335 g/mol. The summed E-state index contributed by atoms with van der Waals surface area (Å²) in [7, 11) is -2.81. The molecule has 0 saturated heterocycles. The smallest absolute Gasteiger partial charge is 0.164 e. The van der Waals surface area contributed by atoms with Crippen LogP contribution in [0.5, 0.6) is 0 Å². The minimum atomic E-state index is -2.81. The van der Waals surface area contributed by atoms with E-state index in [0.717, 1.165) is 42.7 Å². The average Bonchev–Trinajstić information content (AvgIpc) is 2.70. The minimum absolute atomic E-state index is 0.909. The molecule has 0 aliphatic heterocycles. The summed E-state index contributed by atoms with van der Waals surface area (Å²) in [6.07, 6.45) is 7.53. The van der Waals surface area contributed by atoms with Gasteiger partial charge >= 0.3 is 0 Å². The minimum Gasteiger partial charge on any atom is -0.309 e. The van der Waals surface area contributed by atoms with Crippen molar-refractivity contribution < 1.29 is 4.57 Å². The third-order valence-electron chi connectivity index (χ3n) is 4.66. The molecule has 0 amide bonds. The molecule has 0 N–H and O–H groups in total. The Morgan fingerprint density at radius 3 is 1.81 bits per heavy atom. The van der Waals surface area contributed by atoms with Crippen LogP contribution in [0.4, 0.5) is 0 Å². The Bertz CT molecular complexity index is 729. The Balaban J connectivity index is 2.64. The molecule has 2 aromatic rings. The van der Waals surface area contributed by atoms with Crippen molar-refractivity contribution in [2.24, 2.45) is 0 Å². The van der Waals surface area contributed by atoms with Gasteiger partial charge in [-0.15, -0.1) is 0 Å². The fourth-order valence-corrected chi connectivity index (χ4v) is 5.80. The molecule has 0 bridgehead atoms. The fourth-order valence-electron chi connectivity index (χ4n) is 3.24. The quantitative estimate of drug-likeness (QED) is 0.351. The normalized spacial score (nSPS) is 13.0. The van der Waals surface area contributed by atoms with E-state index in [1.54, 1.807) is 0 Å². The molecule has 0 aromatic heterocycles. The molecule has 26 heavy (non-hydrogen) atoms. The van der Waals surface area contributed by atoms with Gasteiger partial charge in [0, 0.05) is 10.6 Å². The summed E-state index contributed by atoms with van der Waals surface area (Å²) in [5.41, 5.74) is 2.60. The standard InChI is InChI=1S/C24H31OP/c1-4-7-15-22(21(6-3)14-5-2)20-26(25,23-16-10-8-11-17-23)24-18-12-9-13-19-24/h8-14,16-20H,4-7,15H2,1-3H3. The highest BCUT2D eigenvalue weighted by atomic mass is 31.2. The van der Waals surface area contributed by atoms with Crippen LogP contribution < -0.4 is 10.6 Å². The van der Waals surface area contributed by atoms with Crippen molar-refractivity contribution in [3.05, 3.63) is 83.7 Å². The molecular formula is C24H31OP. The summed E-state index contributed by atoms with van der Waals surface area (Å²) in [5.74, 6) is 2.10. The Morgan fingerprint density at radius 1 is 0.846 bits per heavy atom. The van der Waals surface area contributed by atoms with Crippen molar-refractivity contribution in [3.8, 4) is 0 Å². The topological polar surface area (TPSA) is 17.1 Å². The summed E-state index contributed by atoms with van der Waals surface area (Å²) >= 11 is 0. The molecule has 0 unspecified atom stereocenters. The first-order valence-electron chi connectivity index (χ1n) is 9.77. The van der Waals surface area contributed by atoms with Gasteiger partial charge in [-0.05, 0) is 42.6 Å². The summed E-state index contributed by atoms with van der Waals surface area (Å²) in [6, 6.07) is 19.9. The van der Waals surface area contributed by atoms with Gasteiger partial charge in [-0.1, -0.05) is 93.9 Å². The first-order valence-corrected chi connectivity index (χ1v) is 11.5. The number of hydrogen-bond acceptors (Lipinski definition) is 1. The SMILES string of the molecule is CCC=C(CC)C(=CP(=O)(c1ccccc1)c1ccccc1)CCCC. The van der Waals surface area contributed by atoms with Crippen molar-refractivity contribution >= 4 is 17.8 Å². The third-order valence-corrected chi connectivity index (χ3v) is 7.47. The molecule has 138 valence electrons. The van der Waals surface area contributed by atoms with Gasteiger partial charge in [0.05, 0.1) is 0 Å². The molecule has 0 fully saturated rings. The molecule has 0 radical (unpaired) electrons. The van der Waals surface area contributed by atoms with Gasteiger partial charge in [0.15, 0.2) is 7.14 Å². The summed E-state index contributed by atoms with van der Waals surface area (Å²) < 4.78 is 14.3. The van der Waals surface area contributed by atoms with Crippen LogP contribution in [-0.2, 0) is 4.57 Å². The molecule has 0 spiro atoms. The monoisotopic (exact) mass is 366 g/mol. The summed E-state index contributed by atoms with van der Waals surface area (Å²) in [6.45, 7) is 6.57. The fraction of sp³-hybridized carbons (Fsp3) is 0.333. The molecule has 0 heterocycles. The molecule has 0 atom stereocenters. The zero-order valence-electron chi connectivity index (χ0n) is 16.3. The van der Waals surface area contributed by atoms with Crippen molar-refractivity contribution in [3.63, 3.8) is 0 Å². The lowest BCUT2D eigenvalue weighted by atomic mass is 9.99. The van der Waals surface area contributed by atoms with Gasteiger partial charge in [0.1, 0.15) is 0 Å². The highest BCUT2D eigenvalue weighted by Crippen LogP contribution is 2.47. The number of hydrogen-bond donors (Lipinski definition) is 0. The van der Waals surface area contributed by atoms with E-state index >= 15 is 0 Å². The predicted octanol–water partition coefficient (Wildman–Crippen LogP) is 6.82.